The highest BCUT2D eigenvalue weighted by Crippen LogP contribution is 2.56. The largest absolute Gasteiger partial charge is 0.336 e. The van der Waals surface area contributed by atoms with Gasteiger partial charge < -0.3 is 9.80 Å². The first-order valence-corrected chi connectivity index (χ1v) is 15.7. The van der Waals surface area contributed by atoms with Crippen molar-refractivity contribution in [1.29, 1.82) is 0 Å². The Hall–Kier alpha value is -3.46. The average Bonchev–Trinajstić information content (AvgIpc) is 3.06. The lowest BCUT2D eigenvalue weighted by atomic mass is 9.33. The monoisotopic (exact) mass is 552 g/mol. The molecule has 0 aromatic heterocycles. The molecule has 0 saturated heterocycles. The van der Waals surface area contributed by atoms with Gasteiger partial charge in [-0.2, -0.15) is 0 Å². The highest BCUT2D eigenvalue weighted by atomic mass is 15.3. The van der Waals surface area contributed by atoms with Gasteiger partial charge in [-0.15, -0.1) is 0 Å². The Morgan fingerprint density at radius 3 is 1.98 bits per heavy atom. The molecule has 0 unspecified atom stereocenters. The van der Waals surface area contributed by atoms with E-state index in [4.69, 9.17) is 0 Å². The molecule has 42 heavy (non-hydrogen) atoms. The quantitative estimate of drug-likeness (QED) is 0.193. The maximum absolute atomic E-state index is 2.69. The number of benzene rings is 4. The molecule has 0 radical (unpaired) electrons. The van der Waals surface area contributed by atoms with Gasteiger partial charge in [0, 0.05) is 39.4 Å². The van der Waals surface area contributed by atoms with Gasteiger partial charge in [-0.05, 0) is 101 Å². The standard InChI is InChI=1S/C39H45BN2/c1-24-20-32-34-33(21-24)42-35-28(38(8,9)39(42,10)11)16-13-17-30(35)40(34)29-19-18-26(37(5,6)7)23-31(29)41(32)27-15-12-14-25(22-27)36(2,3)4/h12-23H,1-11H3. The fourth-order valence-electron chi connectivity index (χ4n) is 7.73. The molecule has 4 aromatic carbocycles. The number of hydrogen-bond donors (Lipinski definition) is 0. The van der Waals surface area contributed by atoms with E-state index in [0.717, 1.165) is 0 Å². The van der Waals surface area contributed by atoms with Crippen molar-refractivity contribution in [3.8, 4) is 0 Å². The van der Waals surface area contributed by atoms with E-state index in [1.54, 1.807) is 0 Å². The van der Waals surface area contributed by atoms with Gasteiger partial charge in [0.05, 0.1) is 0 Å². The van der Waals surface area contributed by atoms with Crippen LogP contribution in [0.2, 0.25) is 0 Å². The first kappa shape index (κ1) is 27.4. The summed E-state index contributed by atoms with van der Waals surface area (Å²) >= 11 is 0. The number of rotatable bonds is 1. The molecule has 0 N–H and O–H groups in total. The summed E-state index contributed by atoms with van der Waals surface area (Å²) in [5, 5.41) is 0. The summed E-state index contributed by atoms with van der Waals surface area (Å²) in [5.41, 5.74) is 16.5. The summed E-state index contributed by atoms with van der Waals surface area (Å²) in [5.74, 6) is 0. The molecule has 0 aliphatic carbocycles. The lowest BCUT2D eigenvalue weighted by molar-refractivity contribution is 0.330. The third-order valence-electron chi connectivity index (χ3n) is 10.8. The normalized spacial score (nSPS) is 17.6. The first-order valence-electron chi connectivity index (χ1n) is 15.7. The maximum atomic E-state index is 2.69. The minimum absolute atomic E-state index is 0.00210. The number of fused-ring (bicyclic) bond motifs is 4. The molecule has 3 aliphatic heterocycles. The summed E-state index contributed by atoms with van der Waals surface area (Å²) in [6.45, 7) is 26.1. The number of aryl methyl sites for hydroxylation is 1. The third kappa shape index (κ3) is 3.52. The van der Waals surface area contributed by atoms with E-state index in [9.17, 15) is 0 Å². The van der Waals surface area contributed by atoms with Crippen molar-refractivity contribution in [2.75, 3.05) is 9.80 Å². The second kappa shape index (κ2) is 8.34. The fraction of sp³-hybridized carbons (Fsp3) is 0.385. The average molecular weight is 553 g/mol. The second-order valence-corrected chi connectivity index (χ2v) is 16.1. The zero-order valence-corrected chi connectivity index (χ0v) is 27.4. The van der Waals surface area contributed by atoms with Crippen LogP contribution < -0.4 is 26.2 Å². The van der Waals surface area contributed by atoms with E-state index in [1.807, 2.05) is 0 Å². The molecule has 0 atom stereocenters. The van der Waals surface area contributed by atoms with E-state index in [2.05, 4.69) is 159 Å². The van der Waals surface area contributed by atoms with Gasteiger partial charge in [0.25, 0.3) is 6.71 Å². The van der Waals surface area contributed by atoms with Crippen molar-refractivity contribution < 1.29 is 0 Å². The molecule has 3 heteroatoms. The summed E-state index contributed by atoms with van der Waals surface area (Å²) in [6, 6.07) is 28.5. The lowest BCUT2D eigenvalue weighted by Crippen LogP contribution is -2.63. The number of nitrogens with zero attached hydrogens (tertiary/aromatic N) is 2. The highest BCUT2D eigenvalue weighted by molar-refractivity contribution is 7.00. The molecule has 3 aliphatic rings. The molecule has 0 bridgehead atoms. The maximum Gasteiger partial charge on any atom is 0.252 e. The summed E-state index contributed by atoms with van der Waals surface area (Å²) < 4.78 is 0. The smallest absolute Gasteiger partial charge is 0.252 e. The third-order valence-corrected chi connectivity index (χ3v) is 10.8. The predicted octanol–water partition coefficient (Wildman–Crippen LogP) is 8.41. The zero-order valence-electron chi connectivity index (χ0n) is 27.4. The molecule has 0 spiro atoms. The van der Waals surface area contributed by atoms with E-state index >= 15 is 0 Å². The lowest BCUT2D eigenvalue weighted by Gasteiger charge is -2.48. The molecule has 214 valence electrons. The van der Waals surface area contributed by atoms with Crippen molar-refractivity contribution in [3.63, 3.8) is 0 Å². The van der Waals surface area contributed by atoms with E-state index < -0.39 is 0 Å². The topological polar surface area (TPSA) is 6.48 Å². The van der Waals surface area contributed by atoms with Crippen LogP contribution in [0.15, 0.2) is 72.8 Å². The van der Waals surface area contributed by atoms with Crippen molar-refractivity contribution in [2.45, 2.75) is 97.9 Å². The van der Waals surface area contributed by atoms with Gasteiger partial charge in [-0.25, -0.2) is 0 Å². The summed E-state index contributed by atoms with van der Waals surface area (Å²) in [6.07, 6.45) is 0. The van der Waals surface area contributed by atoms with Crippen molar-refractivity contribution >= 4 is 51.5 Å². The number of hydrogen-bond acceptors (Lipinski definition) is 2. The summed E-state index contributed by atoms with van der Waals surface area (Å²) in [4.78, 5) is 5.27. The molecule has 2 nitrogen and oxygen atoms in total. The molecule has 3 heterocycles. The molecule has 7 rings (SSSR count). The van der Waals surface area contributed by atoms with Gasteiger partial charge >= 0.3 is 0 Å². The molecular formula is C39H45BN2. The van der Waals surface area contributed by atoms with Gasteiger partial charge in [0.2, 0.25) is 0 Å². The van der Waals surface area contributed by atoms with Crippen LogP contribution in [-0.2, 0) is 16.2 Å². The second-order valence-electron chi connectivity index (χ2n) is 16.1. The Bertz CT molecular complexity index is 1780. The van der Waals surface area contributed by atoms with Gasteiger partial charge in [0.1, 0.15) is 0 Å². The highest BCUT2D eigenvalue weighted by Gasteiger charge is 2.56. The van der Waals surface area contributed by atoms with E-state index in [1.165, 1.54) is 67.1 Å². The van der Waals surface area contributed by atoms with Crippen LogP contribution in [0.25, 0.3) is 0 Å². The Morgan fingerprint density at radius 1 is 0.643 bits per heavy atom. The van der Waals surface area contributed by atoms with Gasteiger partial charge in [0.15, 0.2) is 0 Å². The minimum Gasteiger partial charge on any atom is -0.336 e. The Labute approximate surface area is 253 Å². The minimum atomic E-state index is -0.0781. The Morgan fingerprint density at radius 2 is 1.29 bits per heavy atom. The van der Waals surface area contributed by atoms with Gasteiger partial charge in [-0.1, -0.05) is 97.9 Å². The van der Waals surface area contributed by atoms with Crippen LogP contribution in [0.3, 0.4) is 0 Å². The Balaban J connectivity index is 1.61. The zero-order chi connectivity index (χ0) is 30.1. The fourth-order valence-corrected chi connectivity index (χ4v) is 7.73. The van der Waals surface area contributed by atoms with Crippen LogP contribution in [0.4, 0.5) is 28.4 Å². The SMILES string of the molecule is Cc1cc2c3c(c1)N1c4c(cccc4C(C)(C)C1(C)C)B3c1ccc(C(C)(C)C)cc1N2c1cccc(C(C)(C)C)c1. The summed E-state index contributed by atoms with van der Waals surface area (Å²) in [7, 11) is 0. The molecule has 0 fully saturated rings. The van der Waals surface area contributed by atoms with Crippen molar-refractivity contribution in [2.24, 2.45) is 0 Å². The van der Waals surface area contributed by atoms with Crippen LogP contribution in [0, 0.1) is 6.92 Å². The molecule has 0 amide bonds. The number of anilines is 5. The van der Waals surface area contributed by atoms with Crippen molar-refractivity contribution in [1.82, 2.24) is 0 Å². The van der Waals surface area contributed by atoms with Crippen LogP contribution in [0.1, 0.15) is 91.5 Å². The predicted molar refractivity (Wildman–Crippen MR) is 184 cm³/mol. The number of para-hydroxylation sites is 1. The van der Waals surface area contributed by atoms with Gasteiger partial charge in [-0.3, -0.25) is 0 Å². The van der Waals surface area contributed by atoms with E-state index in [0.29, 0.717) is 0 Å². The van der Waals surface area contributed by atoms with Crippen LogP contribution >= 0.6 is 0 Å². The van der Waals surface area contributed by atoms with E-state index in [-0.39, 0.29) is 28.5 Å². The van der Waals surface area contributed by atoms with Crippen molar-refractivity contribution in [3.05, 3.63) is 95.1 Å². The first-order chi connectivity index (χ1) is 19.5. The van der Waals surface area contributed by atoms with Crippen LogP contribution in [-0.4, -0.2) is 12.3 Å². The Kier molecular flexibility index (Phi) is 5.44. The molecule has 4 aromatic rings. The van der Waals surface area contributed by atoms with Crippen LogP contribution in [0.5, 0.6) is 0 Å². The molecule has 0 saturated carbocycles. The molecular weight excluding hydrogens is 507 g/mol.